The zero-order chi connectivity index (χ0) is 15.1. The van der Waals surface area contributed by atoms with Crippen molar-refractivity contribution in [1.29, 1.82) is 0 Å². The van der Waals surface area contributed by atoms with E-state index in [0.717, 1.165) is 23.1 Å². The van der Waals surface area contributed by atoms with Crippen LogP contribution in [0.2, 0.25) is 0 Å². The molecular weight excluding hydrogens is 282 g/mol. The monoisotopic (exact) mass is 303 g/mol. The number of fused-ring (bicyclic) bond motifs is 1. The molecule has 0 saturated carbocycles. The number of carbonyl (C=O) groups excluding carboxylic acids is 2. The molecule has 21 heavy (non-hydrogen) atoms. The summed E-state index contributed by atoms with van der Waals surface area (Å²) < 4.78 is 0.993. The molecule has 2 aromatic rings. The Morgan fingerprint density at radius 1 is 1.10 bits per heavy atom. The lowest BCUT2D eigenvalue weighted by Crippen LogP contribution is -2.07. The molecule has 1 heterocycles. The number of para-hydroxylation sites is 1. The normalized spacial score (nSPS) is 10.9. The number of hydrogen-bond donors (Lipinski definition) is 0. The second-order valence-corrected chi connectivity index (χ2v) is 6.32. The molecule has 0 amide bonds. The van der Waals surface area contributed by atoms with Gasteiger partial charge in [0, 0.05) is 6.42 Å². The van der Waals surface area contributed by atoms with E-state index in [4.69, 9.17) is 0 Å². The minimum atomic E-state index is -0.144. The van der Waals surface area contributed by atoms with E-state index in [0.29, 0.717) is 11.4 Å². The second-order valence-electron chi connectivity index (χ2n) is 5.29. The molecule has 0 atom stereocenters. The maximum absolute atomic E-state index is 12.1. The zero-order valence-electron chi connectivity index (χ0n) is 12.4. The Morgan fingerprint density at radius 2 is 1.86 bits per heavy atom. The van der Waals surface area contributed by atoms with Gasteiger partial charge in [0.25, 0.3) is 0 Å². The SMILES string of the molecule is CCCCCCCC(=O)CC(=O)c1nc2ccccc2s1. The summed E-state index contributed by atoms with van der Waals surface area (Å²) in [7, 11) is 0. The van der Waals surface area contributed by atoms with Gasteiger partial charge in [-0.1, -0.05) is 44.7 Å². The molecule has 0 bridgehead atoms. The van der Waals surface area contributed by atoms with E-state index in [2.05, 4.69) is 11.9 Å². The Hall–Kier alpha value is -1.55. The molecule has 0 N–H and O–H groups in total. The van der Waals surface area contributed by atoms with E-state index in [1.807, 2.05) is 24.3 Å². The largest absolute Gasteiger partial charge is 0.299 e. The van der Waals surface area contributed by atoms with Crippen molar-refractivity contribution in [2.24, 2.45) is 0 Å². The van der Waals surface area contributed by atoms with Crippen molar-refractivity contribution >= 4 is 33.1 Å². The smallest absolute Gasteiger partial charge is 0.198 e. The van der Waals surface area contributed by atoms with Crippen LogP contribution in [0.1, 0.15) is 61.7 Å². The maximum Gasteiger partial charge on any atom is 0.198 e. The number of thiazole rings is 1. The lowest BCUT2D eigenvalue weighted by Gasteiger charge is -1.99. The van der Waals surface area contributed by atoms with Crippen LogP contribution >= 0.6 is 11.3 Å². The molecular formula is C17H21NO2S. The van der Waals surface area contributed by atoms with E-state index in [1.165, 1.54) is 30.6 Å². The van der Waals surface area contributed by atoms with Gasteiger partial charge in [0.05, 0.1) is 16.6 Å². The summed E-state index contributed by atoms with van der Waals surface area (Å²) in [5, 5.41) is 0.454. The van der Waals surface area contributed by atoms with Gasteiger partial charge in [-0.05, 0) is 18.6 Å². The molecule has 3 nitrogen and oxygen atoms in total. The van der Waals surface area contributed by atoms with Crippen LogP contribution in [0, 0.1) is 0 Å². The lowest BCUT2D eigenvalue weighted by atomic mass is 10.1. The standard InChI is InChI=1S/C17H21NO2S/c1-2-3-4-5-6-9-13(19)12-15(20)17-18-14-10-7-8-11-16(14)21-17/h7-8,10-11H,2-6,9,12H2,1H3. The summed E-state index contributed by atoms with van der Waals surface area (Å²) in [6, 6.07) is 7.66. The molecule has 4 heteroatoms. The molecule has 0 radical (unpaired) electrons. The van der Waals surface area contributed by atoms with Crippen LogP contribution in [-0.2, 0) is 4.79 Å². The third-order valence-corrected chi connectivity index (χ3v) is 4.53. The summed E-state index contributed by atoms with van der Waals surface area (Å²) in [6.45, 7) is 2.17. The van der Waals surface area contributed by atoms with Crippen molar-refractivity contribution in [3.05, 3.63) is 29.3 Å². The van der Waals surface area contributed by atoms with Gasteiger partial charge >= 0.3 is 0 Å². The fourth-order valence-electron chi connectivity index (χ4n) is 2.26. The first-order chi connectivity index (χ1) is 10.2. The highest BCUT2D eigenvalue weighted by molar-refractivity contribution is 7.20. The minimum absolute atomic E-state index is 0.00635. The molecule has 112 valence electrons. The van der Waals surface area contributed by atoms with Crippen molar-refractivity contribution in [3.63, 3.8) is 0 Å². The first-order valence-corrected chi connectivity index (χ1v) is 8.43. The average Bonchev–Trinajstić information content (AvgIpc) is 2.91. The van der Waals surface area contributed by atoms with Crippen molar-refractivity contribution in [2.75, 3.05) is 0 Å². The molecule has 0 unspecified atom stereocenters. The number of nitrogens with zero attached hydrogens (tertiary/aromatic N) is 1. The number of unbranched alkanes of at least 4 members (excludes halogenated alkanes) is 4. The summed E-state index contributed by atoms with van der Waals surface area (Å²) >= 11 is 1.37. The Morgan fingerprint density at radius 3 is 2.62 bits per heavy atom. The summed E-state index contributed by atoms with van der Waals surface area (Å²) in [6.07, 6.45) is 6.08. The van der Waals surface area contributed by atoms with Crippen LogP contribution in [0.15, 0.2) is 24.3 Å². The molecule has 0 spiro atoms. The molecule has 0 saturated heterocycles. The Kier molecular flexibility index (Phi) is 6.05. The minimum Gasteiger partial charge on any atom is -0.299 e. The molecule has 0 aliphatic rings. The third-order valence-electron chi connectivity index (χ3n) is 3.45. The number of carbonyl (C=O) groups is 2. The van der Waals surface area contributed by atoms with Crippen LogP contribution in [0.4, 0.5) is 0 Å². The summed E-state index contributed by atoms with van der Waals surface area (Å²) in [5.41, 5.74) is 0.831. The quantitative estimate of drug-likeness (QED) is 0.380. The molecule has 0 aliphatic heterocycles. The van der Waals surface area contributed by atoms with E-state index in [9.17, 15) is 9.59 Å². The Labute approximate surface area is 129 Å². The maximum atomic E-state index is 12.1. The summed E-state index contributed by atoms with van der Waals surface area (Å²) in [4.78, 5) is 28.2. The van der Waals surface area contributed by atoms with Gasteiger partial charge in [-0.25, -0.2) is 4.98 Å². The molecule has 1 aromatic carbocycles. The highest BCUT2D eigenvalue weighted by Crippen LogP contribution is 2.22. The van der Waals surface area contributed by atoms with E-state index >= 15 is 0 Å². The Bertz CT molecular complexity index is 585. The van der Waals surface area contributed by atoms with Crippen LogP contribution in [0.3, 0.4) is 0 Å². The number of ketones is 2. The van der Waals surface area contributed by atoms with Gasteiger partial charge < -0.3 is 0 Å². The molecule has 0 aliphatic carbocycles. The van der Waals surface area contributed by atoms with Crippen molar-refractivity contribution < 1.29 is 9.59 Å². The summed E-state index contributed by atoms with van der Waals surface area (Å²) in [5.74, 6) is -0.106. The zero-order valence-corrected chi connectivity index (χ0v) is 13.2. The number of hydrogen-bond acceptors (Lipinski definition) is 4. The van der Waals surface area contributed by atoms with Crippen LogP contribution in [0.25, 0.3) is 10.2 Å². The fourth-order valence-corrected chi connectivity index (χ4v) is 3.16. The van der Waals surface area contributed by atoms with E-state index in [1.54, 1.807) is 0 Å². The third kappa shape index (κ3) is 4.74. The van der Waals surface area contributed by atoms with Gasteiger partial charge in [0.2, 0.25) is 0 Å². The van der Waals surface area contributed by atoms with Crippen LogP contribution in [-0.4, -0.2) is 16.6 Å². The van der Waals surface area contributed by atoms with Gasteiger partial charge in [0.1, 0.15) is 5.78 Å². The number of benzene rings is 1. The van der Waals surface area contributed by atoms with E-state index < -0.39 is 0 Å². The molecule has 1 aromatic heterocycles. The van der Waals surface area contributed by atoms with Gasteiger partial charge in [-0.3, -0.25) is 9.59 Å². The highest BCUT2D eigenvalue weighted by atomic mass is 32.1. The predicted molar refractivity (Wildman–Crippen MR) is 87.0 cm³/mol. The highest BCUT2D eigenvalue weighted by Gasteiger charge is 2.15. The van der Waals surface area contributed by atoms with Crippen LogP contribution < -0.4 is 0 Å². The van der Waals surface area contributed by atoms with Crippen molar-refractivity contribution in [3.8, 4) is 0 Å². The van der Waals surface area contributed by atoms with E-state index in [-0.39, 0.29) is 18.0 Å². The van der Waals surface area contributed by atoms with Crippen molar-refractivity contribution in [2.45, 2.75) is 51.9 Å². The predicted octanol–water partition coefficient (Wildman–Crippen LogP) is 4.80. The first kappa shape index (κ1) is 15.8. The first-order valence-electron chi connectivity index (χ1n) is 7.61. The molecule has 2 rings (SSSR count). The average molecular weight is 303 g/mol. The number of aromatic nitrogens is 1. The number of Topliss-reactive ketones (excluding diaryl/α,β-unsaturated/α-hetero) is 2. The second kappa shape index (κ2) is 8.03. The lowest BCUT2D eigenvalue weighted by molar-refractivity contribution is -0.118. The van der Waals surface area contributed by atoms with Crippen molar-refractivity contribution in [1.82, 2.24) is 4.98 Å². The van der Waals surface area contributed by atoms with Gasteiger partial charge in [-0.15, -0.1) is 11.3 Å². The van der Waals surface area contributed by atoms with Gasteiger partial charge in [0.15, 0.2) is 10.8 Å². The van der Waals surface area contributed by atoms with Gasteiger partial charge in [-0.2, -0.15) is 0 Å². The topological polar surface area (TPSA) is 47.0 Å². The Balaban J connectivity index is 1.82. The molecule has 0 fully saturated rings. The fraction of sp³-hybridized carbons (Fsp3) is 0.471. The number of rotatable bonds is 9. The van der Waals surface area contributed by atoms with Crippen LogP contribution in [0.5, 0.6) is 0 Å².